The van der Waals surface area contributed by atoms with Crippen LogP contribution in [0.3, 0.4) is 0 Å². The first kappa shape index (κ1) is 16.6. The molecule has 0 radical (unpaired) electrons. The van der Waals surface area contributed by atoms with Crippen LogP contribution in [0.15, 0.2) is 65.9 Å². The summed E-state index contributed by atoms with van der Waals surface area (Å²) in [5.41, 5.74) is 3.10. The van der Waals surface area contributed by atoms with Crippen molar-refractivity contribution in [3.63, 3.8) is 0 Å². The minimum absolute atomic E-state index is 0.107. The van der Waals surface area contributed by atoms with Crippen LogP contribution >= 0.6 is 0 Å². The van der Waals surface area contributed by atoms with Crippen LogP contribution in [0.1, 0.15) is 21.6 Å². The van der Waals surface area contributed by atoms with Gasteiger partial charge < -0.3 is 4.90 Å². The number of aliphatic imine (C=N–C) groups is 1. The van der Waals surface area contributed by atoms with Crippen LogP contribution in [-0.4, -0.2) is 40.7 Å². The number of hydrogen-bond donors (Lipinski definition) is 0. The first-order valence-corrected chi connectivity index (χ1v) is 8.01. The van der Waals surface area contributed by atoms with Crippen molar-refractivity contribution in [2.45, 2.75) is 6.92 Å². The highest BCUT2D eigenvalue weighted by atomic mass is 16.1. The van der Waals surface area contributed by atoms with Crippen molar-refractivity contribution in [1.82, 2.24) is 14.5 Å². The standard InChI is InChI=1S/C20H20N4O/c1-15-9-11-17(12-10-15)24-14-22-20(21-13-23(2)3)18(24)19(25)16-7-5-4-6-8-16/h4-14H,1-3H3. The number of carbonyl (C=O) groups is 1. The number of benzene rings is 2. The van der Waals surface area contributed by atoms with Gasteiger partial charge in [-0.1, -0.05) is 48.0 Å². The Bertz CT molecular complexity index is 893. The van der Waals surface area contributed by atoms with Gasteiger partial charge in [0.1, 0.15) is 12.0 Å². The third-order valence-electron chi connectivity index (χ3n) is 3.72. The van der Waals surface area contributed by atoms with Crippen molar-refractivity contribution < 1.29 is 4.79 Å². The molecule has 0 saturated carbocycles. The molecule has 25 heavy (non-hydrogen) atoms. The highest BCUT2D eigenvalue weighted by molar-refractivity contribution is 6.11. The first-order chi connectivity index (χ1) is 12.1. The van der Waals surface area contributed by atoms with Crippen molar-refractivity contribution in [2.24, 2.45) is 4.99 Å². The number of imidazole rings is 1. The lowest BCUT2D eigenvalue weighted by Crippen LogP contribution is -2.10. The van der Waals surface area contributed by atoms with E-state index in [4.69, 9.17) is 0 Å². The normalized spacial score (nSPS) is 11.0. The summed E-state index contributed by atoms with van der Waals surface area (Å²) in [6.45, 7) is 2.03. The number of hydrogen-bond acceptors (Lipinski definition) is 3. The van der Waals surface area contributed by atoms with Crippen LogP contribution < -0.4 is 0 Å². The molecule has 0 N–H and O–H groups in total. The maximum Gasteiger partial charge on any atom is 0.213 e. The van der Waals surface area contributed by atoms with E-state index in [1.165, 1.54) is 0 Å². The van der Waals surface area contributed by atoms with Crippen molar-refractivity contribution in [1.29, 1.82) is 0 Å². The van der Waals surface area contributed by atoms with Gasteiger partial charge in [0.2, 0.25) is 5.78 Å². The molecule has 2 aromatic carbocycles. The summed E-state index contributed by atoms with van der Waals surface area (Å²) in [6.07, 6.45) is 3.28. The number of aromatic nitrogens is 2. The van der Waals surface area contributed by atoms with E-state index in [1.807, 2.05) is 68.4 Å². The van der Waals surface area contributed by atoms with E-state index in [2.05, 4.69) is 9.98 Å². The Hall–Kier alpha value is -3.21. The van der Waals surface area contributed by atoms with E-state index in [-0.39, 0.29) is 5.78 Å². The fourth-order valence-electron chi connectivity index (χ4n) is 2.44. The molecule has 1 heterocycles. The monoisotopic (exact) mass is 332 g/mol. The van der Waals surface area contributed by atoms with E-state index >= 15 is 0 Å². The van der Waals surface area contributed by atoms with Crippen LogP contribution in [-0.2, 0) is 0 Å². The summed E-state index contributed by atoms with van der Waals surface area (Å²) in [5.74, 6) is 0.299. The summed E-state index contributed by atoms with van der Waals surface area (Å²) >= 11 is 0. The Morgan fingerprint density at radius 3 is 2.40 bits per heavy atom. The van der Waals surface area contributed by atoms with Gasteiger partial charge in [-0.15, -0.1) is 0 Å². The molecule has 0 fully saturated rings. The number of nitrogens with zero attached hydrogens (tertiary/aromatic N) is 4. The van der Waals surface area contributed by atoms with Gasteiger partial charge in [-0.25, -0.2) is 9.98 Å². The summed E-state index contributed by atoms with van der Waals surface area (Å²) in [6, 6.07) is 17.1. The lowest BCUT2D eigenvalue weighted by Gasteiger charge is -2.09. The molecule has 0 spiro atoms. The minimum Gasteiger partial charge on any atom is -0.369 e. The number of ketones is 1. The Morgan fingerprint density at radius 2 is 1.76 bits per heavy atom. The molecule has 126 valence electrons. The molecular formula is C20H20N4O. The molecule has 0 atom stereocenters. The van der Waals surface area contributed by atoms with Crippen molar-refractivity contribution in [3.8, 4) is 5.69 Å². The van der Waals surface area contributed by atoms with Crippen molar-refractivity contribution in [3.05, 3.63) is 77.7 Å². The maximum atomic E-state index is 13.1. The summed E-state index contributed by atoms with van der Waals surface area (Å²) in [7, 11) is 3.75. The maximum absolute atomic E-state index is 13.1. The van der Waals surface area contributed by atoms with Gasteiger partial charge >= 0.3 is 0 Å². The highest BCUT2D eigenvalue weighted by Gasteiger charge is 2.20. The van der Waals surface area contributed by atoms with Gasteiger partial charge in [-0.2, -0.15) is 0 Å². The summed E-state index contributed by atoms with van der Waals surface area (Å²) < 4.78 is 1.79. The molecule has 0 bridgehead atoms. The highest BCUT2D eigenvalue weighted by Crippen LogP contribution is 2.24. The molecule has 0 amide bonds. The third-order valence-corrected chi connectivity index (χ3v) is 3.72. The van der Waals surface area contributed by atoms with E-state index in [1.54, 1.807) is 29.4 Å². The minimum atomic E-state index is -0.107. The average molecular weight is 332 g/mol. The summed E-state index contributed by atoms with van der Waals surface area (Å²) in [5, 5.41) is 0. The van der Waals surface area contributed by atoms with Crippen LogP contribution in [0, 0.1) is 6.92 Å². The molecule has 1 aromatic heterocycles. The second-order valence-electron chi connectivity index (χ2n) is 6.03. The number of aryl methyl sites for hydroxylation is 1. The molecule has 0 saturated heterocycles. The number of carbonyl (C=O) groups excluding carboxylic acids is 1. The van der Waals surface area contributed by atoms with Crippen LogP contribution in [0.25, 0.3) is 5.69 Å². The second kappa shape index (κ2) is 7.13. The molecule has 0 aliphatic heterocycles. The fourth-order valence-corrected chi connectivity index (χ4v) is 2.44. The zero-order chi connectivity index (χ0) is 17.8. The van der Waals surface area contributed by atoms with Crippen molar-refractivity contribution >= 4 is 17.9 Å². The van der Waals surface area contributed by atoms with Crippen LogP contribution in [0.4, 0.5) is 5.82 Å². The molecule has 5 heteroatoms. The zero-order valence-electron chi connectivity index (χ0n) is 14.5. The topological polar surface area (TPSA) is 50.5 Å². The molecular weight excluding hydrogens is 312 g/mol. The molecule has 3 rings (SSSR count). The lowest BCUT2D eigenvalue weighted by atomic mass is 10.1. The van der Waals surface area contributed by atoms with Crippen LogP contribution in [0.2, 0.25) is 0 Å². The largest absolute Gasteiger partial charge is 0.369 e. The van der Waals surface area contributed by atoms with Gasteiger partial charge in [0.25, 0.3) is 0 Å². The van der Waals surface area contributed by atoms with Gasteiger partial charge in [-0.05, 0) is 19.1 Å². The molecule has 0 aliphatic rings. The quantitative estimate of drug-likeness (QED) is 0.407. The number of rotatable bonds is 5. The van der Waals surface area contributed by atoms with E-state index in [9.17, 15) is 4.79 Å². The predicted octanol–water partition coefficient (Wildman–Crippen LogP) is 3.63. The van der Waals surface area contributed by atoms with E-state index in [0.717, 1.165) is 11.3 Å². The Morgan fingerprint density at radius 1 is 1.08 bits per heavy atom. The lowest BCUT2D eigenvalue weighted by molar-refractivity contribution is 0.103. The van der Waals surface area contributed by atoms with Gasteiger partial charge in [0.15, 0.2) is 5.82 Å². The smallest absolute Gasteiger partial charge is 0.213 e. The molecule has 0 unspecified atom stereocenters. The second-order valence-corrected chi connectivity index (χ2v) is 6.03. The summed E-state index contributed by atoms with van der Waals surface area (Å²) in [4.78, 5) is 23.6. The molecule has 3 aromatic rings. The fraction of sp³-hybridized carbons (Fsp3) is 0.150. The predicted molar refractivity (Wildman–Crippen MR) is 100 cm³/mol. The SMILES string of the molecule is Cc1ccc(-n2cnc(N=CN(C)C)c2C(=O)c2ccccc2)cc1. The molecule has 0 aliphatic carbocycles. The Kier molecular flexibility index (Phi) is 4.75. The van der Waals surface area contributed by atoms with E-state index in [0.29, 0.717) is 17.1 Å². The first-order valence-electron chi connectivity index (χ1n) is 8.01. The third kappa shape index (κ3) is 3.66. The average Bonchev–Trinajstić information content (AvgIpc) is 3.04. The van der Waals surface area contributed by atoms with Crippen molar-refractivity contribution in [2.75, 3.05) is 14.1 Å². The van der Waals surface area contributed by atoms with Crippen LogP contribution in [0.5, 0.6) is 0 Å². The van der Waals surface area contributed by atoms with Gasteiger partial charge in [0, 0.05) is 25.3 Å². The zero-order valence-corrected chi connectivity index (χ0v) is 14.5. The van der Waals surface area contributed by atoms with E-state index < -0.39 is 0 Å². The molecule has 5 nitrogen and oxygen atoms in total. The van der Waals surface area contributed by atoms with Gasteiger partial charge in [0.05, 0.1) is 6.34 Å². The Labute approximate surface area is 147 Å². The van der Waals surface area contributed by atoms with Gasteiger partial charge in [-0.3, -0.25) is 9.36 Å². The Balaban J connectivity index is 2.13.